The quantitative estimate of drug-likeness (QED) is 0.509. The van der Waals surface area contributed by atoms with Gasteiger partial charge >= 0.3 is 0 Å². The Kier molecular flexibility index (Phi) is 4.91. The summed E-state index contributed by atoms with van der Waals surface area (Å²) >= 11 is 0. The molecule has 0 aliphatic rings. The van der Waals surface area contributed by atoms with Gasteiger partial charge < -0.3 is 5.73 Å². The van der Waals surface area contributed by atoms with Crippen LogP contribution in [-0.2, 0) is 20.1 Å². The van der Waals surface area contributed by atoms with Gasteiger partial charge in [0.15, 0.2) is 0 Å². The van der Waals surface area contributed by atoms with Gasteiger partial charge in [0, 0.05) is 11.7 Å². The van der Waals surface area contributed by atoms with Crippen LogP contribution in [0.3, 0.4) is 0 Å². The van der Waals surface area contributed by atoms with E-state index in [-0.39, 0.29) is 11.3 Å². The summed E-state index contributed by atoms with van der Waals surface area (Å²) in [7, 11) is -7.82. The average molecular weight is 308 g/mol. The van der Waals surface area contributed by atoms with Crippen molar-refractivity contribution in [3.63, 3.8) is 0 Å². The van der Waals surface area contributed by atoms with Gasteiger partial charge in [0.05, 0.1) is 10.6 Å². The normalized spacial score (nSPS) is 14.2. The van der Waals surface area contributed by atoms with Crippen LogP contribution in [-0.4, -0.2) is 33.2 Å². The SMILES string of the molecule is CC(CCS(=O)(=O)O)NS(=O)(=O)c1ccc(N)cc1. The lowest BCUT2D eigenvalue weighted by atomic mass is 10.3. The summed E-state index contributed by atoms with van der Waals surface area (Å²) in [5.74, 6) is -0.502. The van der Waals surface area contributed by atoms with Crippen LogP contribution in [0.25, 0.3) is 0 Å². The molecule has 7 nitrogen and oxygen atoms in total. The zero-order chi connectivity index (χ0) is 14.7. The average Bonchev–Trinajstić information content (AvgIpc) is 2.25. The van der Waals surface area contributed by atoms with Crippen LogP contribution in [0.2, 0.25) is 0 Å². The molecule has 19 heavy (non-hydrogen) atoms. The zero-order valence-corrected chi connectivity index (χ0v) is 11.9. The van der Waals surface area contributed by atoms with Gasteiger partial charge in [-0.25, -0.2) is 13.1 Å². The molecule has 9 heteroatoms. The minimum atomic E-state index is -4.10. The minimum Gasteiger partial charge on any atom is -0.399 e. The molecule has 0 spiro atoms. The molecule has 1 aromatic rings. The number of hydrogen-bond donors (Lipinski definition) is 3. The third-order valence-corrected chi connectivity index (χ3v) is 4.71. The highest BCUT2D eigenvalue weighted by molar-refractivity contribution is 7.89. The number of nitrogens with one attached hydrogen (secondary N) is 1. The van der Waals surface area contributed by atoms with E-state index in [1.165, 1.54) is 31.2 Å². The molecule has 0 radical (unpaired) electrons. The second kappa shape index (κ2) is 5.87. The fourth-order valence-electron chi connectivity index (χ4n) is 1.36. The molecule has 4 N–H and O–H groups in total. The highest BCUT2D eigenvalue weighted by Crippen LogP contribution is 2.12. The molecule has 0 amide bonds. The molecule has 0 aliphatic heterocycles. The predicted molar refractivity (Wildman–Crippen MR) is 71.7 cm³/mol. The third kappa shape index (κ3) is 5.55. The minimum absolute atomic E-state index is 0.0208. The smallest absolute Gasteiger partial charge is 0.264 e. The molecule has 108 valence electrons. The van der Waals surface area contributed by atoms with Crippen molar-refractivity contribution in [2.24, 2.45) is 0 Å². The van der Waals surface area contributed by atoms with Gasteiger partial charge in [0.2, 0.25) is 10.0 Å². The van der Waals surface area contributed by atoms with Crippen LogP contribution in [0.15, 0.2) is 29.2 Å². The van der Waals surface area contributed by atoms with E-state index in [2.05, 4.69) is 4.72 Å². The molecular formula is C10H16N2O5S2. The van der Waals surface area contributed by atoms with Gasteiger partial charge in [-0.15, -0.1) is 0 Å². The van der Waals surface area contributed by atoms with E-state index in [0.717, 1.165) is 0 Å². The monoisotopic (exact) mass is 308 g/mol. The maximum Gasteiger partial charge on any atom is 0.264 e. The first-order valence-electron chi connectivity index (χ1n) is 5.43. The maximum atomic E-state index is 11.9. The second-order valence-electron chi connectivity index (χ2n) is 4.17. The Labute approximate surface area is 112 Å². The van der Waals surface area contributed by atoms with E-state index >= 15 is 0 Å². The van der Waals surface area contributed by atoms with E-state index < -0.39 is 31.9 Å². The summed E-state index contributed by atoms with van der Waals surface area (Å²) in [5.41, 5.74) is 5.90. The van der Waals surface area contributed by atoms with Gasteiger partial charge in [-0.3, -0.25) is 4.55 Å². The lowest BCUT2D eigenvalue weighted by Crippen LogP contribution is -2.33. The Morgan fingerprint density at radius 1 is 1.21 bits per heavy atom. The predicted octanol–water partition coefficient (Wildman–Crippen LogP) is 0.214. The Balaban J connectivity index is 2.72. The van der Waals surface area contributed by atoms with Crippen molar-refractivity contribution in [3.8, 4) is 0 Å². The molecule has 0 saturated carbocycles. The van der Waals surface area contributed by atoms with Gasteiger partial charge in [0.1, 0.15) is 0 Å². The Bertz CT molecular complexity index is 622. The van der Waals surface area contributed by atoms with Crippen LogP contribution in [0, 0.1) is 0 Å². The first-order chi connectivity index (χ1) is 8.60. The lowest BCUT2D eigenvalue weighted by molar-refractivity contribution is 0.475. The zero-order valence-electron chi connectivity index (χ0n) is 10.3. The van der Waals surface area contributed by atoms with Crippen molar-refractivity contribution >= 4 is 25.8 Å². The number of anilines is 1. The first-order valence-corrected chi connectivity index (χ1v) is 8.52. The highest BCUT2D eigenvalue weighted by atomic mass is 32.2. The fourth-order valence-corrected chi connectivity index (χ4v) is 3.29. The van der Waals surface area contributed by atoms with Crippen molar-refractivity contribution in [1.82, 2.24) is 4.72 Å². The van der Waals surface area contributed by atoms with Crippen LogP contribution >= 0.6 is 0 Å². The van der Waals surface area contributed by atoms with Crippen molar-refractivity contribution in [3.05, 3.63) is 24.3 Å². The summed E-state index contributed by atoms with van der Waals surface area (Å²) in [5, 5.41) is 0. The van der Waals surface area contributed by atoms with Crippen molar-refractivity contribution in [2.75, 3.05) is 11.5 Å². The molecule has 0 saturated heterocycles. The summed E-state index contributed by atoms with van der Waals surface area (Å²) in [6.45, 7) is 1.51. The highest BCUT2D eigenvalue weighted by Gasteiger charge is 2.18. The fraction of sp³-hybridized carbons (Fsp3) is 0.400. The number of hydrogen-bond acceptors (Lipinski definition) is 5. The molecule has 0 bridgehead atoms. The molecule has 0 heterocycles. The summed E-state index contributed by atoms with van der Waals surface area (Å²) in [6, 6.07) is 5.00. The Hall–Kier alpha value is -1.16. The largest absolute Gasteiger partial charge is 0.399 e. The molecular weight excluding hydrogens is 292 g/mol. The van der Waals surface area contributed by atoms with Crippen molar-refractivity contribution in [1.29, 1.82) is 0 Å². The van der Waals surface area contributed by atoms with Gasteiger partial charge in [-0.1, -0.05) is 0 Å². The first kappa shape index (κ1) is 15.9. The number of sulfonamides is 1. The van der Waals surface area contributed by atoms with Crippen LogP contribution in [0.4, 0.5) is 5.69 Å². The van der Waals surface area contributed by atoms with E-state index in [0.29, 0.717) is 5.69 Å². The van der Waals surface area contributed by atoms with Crippen molar-refractivity contribution < 1.29 is 21.4 Å². The summed E-state index contributed by atoms with van der Waals surface area (Å²) in [4.78, 5) is 0.0420. The number of benzene rings is 1. The molecule has 1 rings (SSSR count). The summed E-state index contributed by atoms with van der Waals surface area (Å²) in [6.07, 6.45) is -0.0208. The van der Waals surface area contributed by atoms with Crippen LogP contribution in [0.5, 0.6) is 0 Å². The standard InChI is InChI=1S/C10H16N2O5S2/c1-8(6-7-18(13,14)15)12-19(16,17)10-4-2-9(11)3-5-10/h2-5,8,12H,6-7,11H2,1H3,(H,13,14,15). The summed E-state index contributed by atoms with van der Waals surface area (Å²) < 4.78 is 55.9. The van der Waals surface area contributed by atoms with E-state index in [1.54, 1.807) is 0 Å². The molecule has 0 aliphatic carbocycles. The topological polar surface area (TPSA) is 127 Å². The maximum absolute atomic E-state index is 11.9. The Morgan fingerprint density at radius 2 is 1.74 bits per heavy atom. The van der Waals surface area contributed by atoms with Gasteiger partial charge in [-0.2, -0.15) is 8.42 Å². The number of rotatable bonds is 6. The Morgan fingerprint density at radius 3 is 2.21 bits per heavy atom. The van der Waals surface area contributed by atoms with Crippen LogP contribution < -0.4 is 10.5 Å². The van der Waals surface area contributed by atoms with Crippen molar-refractivity contribution in [2.45, 2.75) is 24.3 Å². The molecule has 1 unspecified atom stereocenters. The van der Waals surface area contributed by atoms with Gasteiger partial charge in [0.25, 0.3) is 10.1 Å². The number of nitrogens with two attached hydrogens (primary N) is 1. The second-order valence-corrected chi connectivity index (χ2v) is 7.45. The van der Waals surface area contributed by atoms with E-state index in [1.807, 2.05) is 0 Å². The molecule has 0 aromatic heterocycles. The number of nitrogen functional groups attached to an aromatic ring is 1. The van der Waals surface area contributed by atoms with E-state index in [4.69, 9.17) is 10.3 Å². The van der Waals surface area contributed by atoms with Gasteiger partial charge in [-0.05, 0) is 37.6 Å². The molecule has 1 aromatic carbocycles. The van der Waals surface area contributed by atoms with Crippen LogP contribution in [0.1, 0.15) is 13.3 Å². The van der Waals surface area contributed by atoms with E-state index in [9.17, 15) is 16.8 Å². The molecule has 1 atom stereocenters. The molecule has 0 fully saturated rings. The third-order valence-electron chi connectivity index (χ3n) is 2.36. The lowest BCUT2D eigenvalue weighted by Gasteiger charge is -2.13.